The van der Waals surface area contributed by atoms with Crippen LogP contribution in [0, 0.1) is 0 Å². The average Bonchev–Trinajstić information content (AvgIpc) is 3.65. The van der Waals surface area contributed by atoms with E-state index in [2.05, 4.69) is 20.6 Å². The number of aliphatic hydroxyl groups is 1. The minimum Gasteiger partial charge on any atom is -0.493 e. The van der Waals surface area contributed by atoms with Crippen LogP contribution in [0.15, 0.2) is 36.5 Å². The van der Waals surface area contributed by atoms with Crippen LogP contribution in [0.5, 0.6) is 11.5 Å². The van der Waals surface area contributed by atoms with Crippen LogP contribution in [0.1, 0.15) is 37.1 Å². The molecule has 0 unspecified atom stereocenters. The molecule has 37 heavy (non-hydrogen) atoms. The molecule has 0 atom stereocenters. The predicted octanol–water partition coefficient (Wildman–Crippen LogP) is 3.41. The molecule has 1 aliphatic rings. The summed E-state index contributed by atoms with van der Waals surface area (Å²) in [7, 11) is 3.38. The standard InChI is InChI=1S/C26H29ClN6O4/c1-33-22(12-16-5-7-19-18(24(16)27)13-28-31-19)29-25(32-33)17-6-8-20(21(11-17)36-2)37-14-23(35)30-26(15-34)9-3-4-10-26/h5-8,11,13,34H,3-4,9-10,12,14-15H2,1-2H3,(H,28,31)(H,30,35). The zero-order chi connectivity index (χ0) is 26.0. The van der Waals surface area contributed by atoms with Gasteiger partial charge in [0.25, 0.3) is 5.91 Å². The largest absolute Gasteiger partial charge is 0.493 e. The maximum atomic E-state index is 12.5. The maximum Gasteiger partial charge on any atom is 0.258 e. The Bertz CT molecular complexity index is 1430. The van der Waals surface area contributed by atoms with Crippen molar-refractivity contribution < 1.29 is 19.4 Å². The summed E-state index contributed by atoms with van der Waals surface area (Å²) >= 11 is 6.59. The van der Waals surface area contributed by atoms with Crippen molar-refractivity contribution in [3.05, 3.63) is 52.9 Å². The Kier molecular flexibility index (Phi) is 7.03. The summed E-state index contributed by atoms with van der Waals surface area (Å²) in [6, 6.07) is 9.24. The molecule has 2 aromatic carbocycles. The number of aryl methyl sites for hydroxylation is 1. The molecule has 1 amide bonds. The number of hydrogen-bond donors (Lipinski definition) is 3. The Hall–Kier alpha value is -3.63. The quantitative estimate of drug-likeness (QED) is 0.306. The van der Waals surface area contributed by atoms with Gasteiger partial charge in [-0.25, -0.2) is 4.98 Å². The van der Waals surface area contributed by atoms with E-state index in [1.165, 1.54) is 7.11 Å². The van der Waals surface area contributed by atoms with E-state index in [0.29, 0.717) is 28.8 Å². The summed E-state index contributed by atoms with van der Waals surface area (Å²) in [5, 5.41) is 25.7. The first kappa shape index (κ1) is 25.0. The third-order valence-electron chi connectivity index (χ3n) is 6.89. The molecule has 5 rings (SSSR count). The van der Waals surface area contributed by atoms with Gasteiger partial charge in [-0.2, -0.15) is 10.2 Å². The summed E-state index contributed by atoms with van der Waals surface area (Å²) in [5.41, 5.74) is 2.02. The Morgan fingerprint density at radius 2 is 2.05 bits per heavy atom. The monoisotopic (exact) mass is 524 g/mol. The number of rotatable bonds is 9. The molecule has 1 fully saturated rings. The van der Waals surface area contributed by atoms with Gasteiger partial charge in [0.1, 0.15) is 5.82 Å². The smallest absolute Gasteiger partial charge is 0.258 e. The van der Waals surface area contributed by atoms with Gasteiger partial charge in [0, 0.05) is 24.4 Å². The van der Waals surface area contributed by atoms with Crippen LogP contribution < -0.4 is 14.8 Å². The number of H-pyrrole nitrogens is 1. The van der Waals surface area contributed by atoms with Crippen LogP contribution >= 0.6 is 11.6 Å². The number of hydrogen-bond acceptors (Lipinski definition) is 7. The van der Waals surface area contributed by atoms with Crippen molar-refractivity contribution in [2.75, 3.05) is 20.3 Å². The second kappa shape index (κ2) is 10.4. The highest BCUT2D eigenvalue weighted by Crippen LogP contribution is 2.33. The highest BCUT2D eigenvalue weighted by molar-refractivity contribution is 6.36. The Balaban J connectivity index is 1.29. The van der Waals surface area contributed by atoms with E-state index < -0.39 is 5.54 Å². The van der Waals surface area contributed by atoms with Crippen molar-refractivity contribution in [1.82, 2.24) is 30.3 Å². The third kappa shape index (κ3) is 5.12. The van der Waals surface area contributed by atoms with Gasteiger partial charge in [0.2, 0.25) is 0 Å². The normalized spacial score (nSPS) is 14.7. The molecule has 0 radical (unpaired) electrons. The third-order valence-corrected chi connectivity index (χ3v) is 7.34. The van der Waals surface area contributed by atoms with Crippen molar-refractivity contribution in [1.29, 1.82) is 0 Å². The molecule has 2 heterocycles. The van der Waals surface area contributed by atoms with Gasteiger partial charge >= 0.3 is 0 Å². The van der Waals surface area contributed by atoms with E-state index in [4.69, 9.17) is 26.1 Å². The van der Waals surface area contributed by atoms with Crippen molar-refractivity contribution in [2.45, 2.75) is 37.6 Å². The highest BCUT2D eigenvalue weighted by Gasteiger charge is 2.34. The average molecular weight is 525 g/mol. The zero-order valence-corrected chi connectivity index (χ0v) is 21.5. The minimum absolute atomic E-state index is 0.0695. The van der Waals surface area contributed by atoms with Gasteiger partial charge in [0.15, 0.2) is 23.9 Å². The van der Waals surface area contributed by atoms with Crippen LogP contribution in [0.25, 0.3) is 22.3 Å². The molecular weight excluding hydrogens is 496 g/mol. The Morgan fingerprint density at radius 3 is 2.81 bits per heavy atom. The van der Waals surface area contributed by atoms with Crippen molar-refractivity contribution >= 4 is 28.4 Å². The van der Waals surface area contributed by atoms with Crippen molar-refractivity contribution in [3.8, 4) is 22.9 Å². The van der Waals surface area contributed by atoms with Gasteiger partial charge in [0.05, 0.1) is 36.0 Å². The number of halogens is 1. The summed E-state index contributed by atoms with van der Waals surface area (Å²) in [6.45, 7) is -0.245. The molecule has 11 heteroatoms. The maximum absolute atomic E-state index is 12.5. The molecule has 0 spiro atoms. The Morgan fingerprint density at radius 1 is 1.24 bits per heavy atom. The summed E-state index contributed by atoms with van der Waals surface area (Å²) in [6.07, 6.45) is 5.75. The molecular formula is C26H29ClN6O4. The molecule has 10 nitrogen and oxygen atoms in total. The van der Waals surface area contributed by atoms with E-state index in [1.807, 2.05) is 25.2 Å². The van der Waals surface area contributed by atoms with E-state index >= 15 is 0 Å². The lowest BCUT2D eigenvalue weighted by atomic mass is 9.99. The predicted molar refractivity (Wildman–Crippen MR) is 139 cm³/mol. The Labute approximate surface area is 218 Å². The van der Waals surface area contributed by atoms with Crippen LogP contribution in [-0.2, 0) is 18.3 Å². The molecule has 194 valence electrons. The lowest BCUT2D eigenvalue weighted by Crippen LogP contribution is -2.50. The van der Waals surface area contributed by atoms with Gasteiger partial charge in [-0.3, -0.25) is 14.6 Å². The first-order chi connectivity index (χ1) is 17.9. The van der Waals surface area contributed by atoms with Crippen LogP contribution in [0.4, 0.5) is 0 Å². The molecule has 0 saturated heterocycles. The van der Waals surface area contributed by atoms with Gasteiger partial charge in [-0.15, -0.1) is 0 Å². The molecule has 0 aliphatic heterocycles. The number of amides is 1. The van der Waals surface area contributed by atoms with E-state index in [0.717, 1.165) is 53.5 Å². The first-order valence-corrected chi connectivity index (χ1v) is 12.5. The fourth-order valence-electron chi connectivity index (χ4n) is 4.80. The molecule has 2 aromatic heterocycles. The van der Waals surface area contributed by atoms with Crippen LogP contribution in [0.2, 0.25) is 5.02 Å². The highest BCUT2D eigenvalue weighted by atomic mass is 35.5. The van der Waals surface area contributed by atoms with Crippen LogP contribution in [0.3, 0.4) is 0 Å². The van der Waals surface area contributed by atoms with E-state index in [-0.39, 0.29) is 19.1 Å². The lowest BCUT2D eigenvalue weighted by molar-refractivity contribution is -0.125. The number of methoxy groups -OCH3 is 1. The fourth-order valence-corrected chi connectivity index (χ4v) is 5.08. The number of aliphatic hydroxyl groups excluding tert-OH is 1. The number of aromatic amines is 1. The summed E-state index contributed by atoms with van der Waals surface area (Å²) in [4.78, 5) is 17.2. The number of nitrogens with zero attached hydrogens (tertiary/aromatic N) is 4. The molecule has 1 aliphatic carbocycles. The number of aromatic nitrogens is 5. The fraction of sp³-hybridized carbons (Fsp3) is 0.385. The number of carbonyl (C=O) groups is 1. The second-order valence-electron chi connectivity index (χ2n) is 9.37. The van der Waals surface area contributed by atoms with Crippen molar-refractivity contribution in [2.24, 2.45) is 7.05 Å². The van der Waals surface area contributed by atoms with Crippen molar-refractivity contribution in [3.63, 3.8) is 0 Å². The number of benzene rings is 2. The topological polar surface area (TPSA) is 127 Å². The first-order valence-electron chi connectivity index (χ1n) is 12.1. The second-order valence-corrected chi connectivity index (χ2v) is 9.75. The molecule has 3 N–H and O–H groups in total. The van der Waals surface area contributed by atoms with E-state index in [1.54, 1.807) is 23.0 Å². The number of fused-ring (bicyclic) bond motifs is 1. The SMILES string of the molecule is COc1cc(-c2nc(Cc3ccc4[nH]ncc4c3Cl)n(C)n2)ccc1OCC(=O)NC1(CO)CCCC1. The minimum atomic E-state index is -0.536. The summed E-state index contributed by atoms with van der Waals surface area (Å²) < 4.78 is 13.0. The number of nitrogens with one attached hydrogen (secondary N) is 2. The number of carbonyl (C=O) groups excluding carboxylic acids is 1. The van der Waals surface area contributed by atoms with Gasteiger partial charge < -0.3 is 19.9 Å². The van der Waals surface area contributed by atoms with Gasteiger partial charge in [-0.05, 0) is 42.7 Å². The molecule has 1 saturated carbocycles. The number of ether oxygens (including phenoxy) is 2. The molecule has 0 bridgehead atoms. The lowest BCUT2D eigenvalue weighted by Gasteiger charge is -2.27. The van der Waals surface area contributed by atoms with Gasteiger partial charge in [-0.1, -0.05) is 30.5 Å². The van der Waals surface area contributed by atoms with Crippen LogP contribution in [-0.4, -0.2) is 61.8 Å². The molecule has 4 aromatic rings. The summed E-state index contributed by atoms with van der Waals surface area (Å²) in [5.74, 6) is 1.91. The zero-order valence-electron chi connectivity index (χ0n) is 20.8. The van der Waals surface area contributed by atoms with E-state index in [9.17, 15) is 9.90 Å².